The molecule has 270 valence electrons. The zero-order valence-corrected chi connectivity index (χ0v) is 30.5. The lowest BCUT2D eigenvalue weighted by Gasteiger charge is -2.31. The van der Waals surface area contributed by atoms with Gasteiger partial charge in [0, 0.05) is 32.6 Å². The summed E-state index contributed by atoms with van der Waals surface area (Å²) >= 11 is 0. The first-order valence-electron chi connectivity index (χ1n) is 18.6. The van der Waals surface area contributed by atoms with Crippen LogP contribution in [-0.2, 0) is 23.8 Å². The molecule has 0 rings (SSSR count). The van der Waals surface area contributed by atoms with Gasteiger partial charge in [-0.15, -0.1) is 0 Å². The Bertz CT molecular complexity index is 733. The van der Waals surface area contributed by atoms with Crippen molar-refractivity contribution in [1.82, 2.24) is 9.80 Å². The van der Waals surface area contributed by atoms with Gasteiger partial charge in [-0.2, -0.15) is 0 Å². The van der Waals surface area contributed by atoms with Gasteiger partial charge in [0.2, 0.25) is 5.91 Å². The fourth-order valence-electron chi connectivity index (χ4n) is 5.10. The number of nitrogens with zero attached hydrogens (tertiary/aromatic N) is 2. The Labute approximate surface area is 283 Å². The highest BCUT2D eigenvalue weighted by molar-refractivity contribution is 5.76. The monoisotopic (exact) mass is 653 g/mol. The van der Waals surface area contributed by atoms with Crippen LogP contribution in [-0.4, -0.2) is 92.7 Å². The summed E-state index contributed by atoms with van der Waals surface area (Å²) in [5, 5.41) is 10.2. The molecule has 1 unspecified atom stereocenters. The number of aliphatic hydroxyl groups excluding tert-OH is 1. The Morgan fingerprint density at radius 2 is 1.28 bits per heavy atom. The number of allylic oxidation sites excluding steroid dienone is 4. The van der Waals surface area contributed by atoms with Gasteiger partial charge in [0.15, 0.2) is 6.29 Å². The first kappa shape index (κ1) is 44.3. The van der Waals surface area contributed by atoms with E-state index < -0.39 is 12.3 Å². The molecule has 1 amide bonds. The van der Waals surface area contributed by atoms with E-state index in [1.54, 1.807) is 4.90 Å². The van der Waals surface area contributed by atoms with E-state index in [2.05, 4.69) is 50.0 Å². The third kappa shape index (κ3) is 27.4. The lowest BCUT2D eigenvalue weighted by molar-refractivity contribution is -0.161. The third-order valence-corrected chi connectivity index (χ3v) is 7.93. The van der Waals surface area contributed by atoms with Crippen LogP contribution in [0.4, 0.5) is 0 Å². The topological polar surface area (TPSA) is 88.5 Å². The fraction of sp³-hybridized carbons (Fsp3) is 0.842. The van der Waals surface area contributed by atoms with Crippen LogP contribution in [0.5, 0.6) is 0 Å². The van der Waals surface area contributed by atoms with E-state index in [0.717, 1.165) is 90.0 Å². The molecule has 8 nitrogen and oxygen atoms in total. The molecule has 0 spiro atoms. The predicted octanol–water partition coefficient (Wildman–Crippen LogP) is 8.22. The molecular formula is C38H72N2O6. The molecule has 0 fully saturated rings. The van der Waals surface area contributed by atoms with E-state index in [4.69, 9.17) is 14.2 Å². The number of rotatable bonds is 33. The van der Waals surface area contributed by atoms with Gasteiger partial charge in [0.1, 0.15) is 6.61 Å². The minimum atomic E-state index is -0.539. The molecule has 0 saturated heterocycles. The van der Waals surface area contributed by atoms with Gasteiger partial charge in [-0.3, -0.25) is 9.59 Å². The summed E-state index contributed by atoms with van der Waals surface area (Å²) in [6, 6.07) is -0.539. The van der Waals surface area contributed by atoms with Crippen LogP contribution in [0.25, 0.3) is 0 Å². The minimum Gasteiger partial charge on any atom is -0.463 e. The van der Waals surface area contributed by atoms with Crippen molar-refractivity contribution in [1.29, 1.82) is 0 Å². The van der Waals surface area contributed by atoms with Crippen LogP contribution in [0.3, 0.4) is 0 Å². The Kier molecular flexibility index (Phi) is 31.9. The highest BCUT2D eigenvalue weighted by Crippen LogP contribution is 2.14. The van der Waals surface area contributed by atoms with Gasteiger partial charge in [-0.05, 0) is 91.3 Å². The van der Waals surface area contributed by atoms with Crippen molar-refractivity contribution in [3.63, 3.8) is 0 Å². The average Bonchev–Trinajstić information content (AvgIpc) is 3.04. The van der Waals surface area contributed by atoms with Gasteiger partial charge >= 0.3 is 5.97 Å². The standard InChI is InChI=1S/C38H72N2O6/c1-6-9-12-15-18-21-26-36(42)40(30-23-22-29-39(4)5)35(33-41)34-46-37(43)27-28-38(44-31-24-19-16-13-10-7-2)45-32-25-20-17-14-11-8-3/h10-11,13-14,35,38,41H,6-9,12,15-34H2,1-5H3/b13-10-,14-11-. The number of unbranched alkanes of at least 4 members (excludes halogenated alkanes) is 10. The van der Waals surface area contributed by atoms with Gasteiger partial charge in [-0.25, -0.2) is 0 Å². The number of amides is 1. The van der Waals surface area contributed by atoms with Crippen molar-refractivity contribution in [3.05, 3.63) is 24.3 Å². The molecular weight excluding hydrogens is 580 g/mol. The van der Waals surface area contributed by atoms with Crippen LogP contribution >= 0.6 is 0 Å². The van der Waals surface area contributed by atoms with Crippen molar-refractivity contribution in [2.24, 2.45) is 0 Å². The molecule has 0 aliphatic rings. The molecule has 1 N–H and O–H groups in total. The molecule has 0 aromatic carbocycles. The Balaban J connectivity index is 4.94. The maximum absolute atomic E-state index is 13.2. The predicted molar refractivity (Wildman–Crippen MR) is 191 cm³/mol. The first-order chi connectivity index (χ1) is 22.4. The van der Waals surface area contributed by atoms with Gasteiger partial charge in [0.25, 0.3) is 0 Å². The summed E-state index contributed by atoms with van der Waals surface area (Å²) in [6.45, 7) is 8.91. The van der Waals surface area contributed by atoms with E-state index in [9.17, 15) is 14.7 Å². The average molecular weight is 653 g/mol. The largest absolute Gasteiger partial charge is 0.463 e. The first-order valence-corrected chi connectivity index (χ1v) is 18.6. The molecule has 0 aromatic rings. The molecule has 0 aromatic heterocycles. The molecule has 0 aliphatic carbocycles. The maximum Gasteiger partial charge on any atom is 0.306 e. The van der Waals surface area contributed by atoms with Crippen LogP contribution in [0.1, 0.15) is 143 Å². The molecule has 0 aliphatic heterocycles. The van der Waals surface area contributed by atoms with Crippen LogP contribution in [0.2, 0.25) is 0 Å². The number of esters is 1. The van der Waals surface area contributed by atoms with Crippen molar-refractivity contribution in [3.8, 4) is 0 Å². The van der Waals surface area contributed by atoms with Crippen LogP contribution in [0, 0.1) is 0 Å². The zero-order chi connectivity index (χ0) is 34.1. The Morgan fingerprint density at radius 1 is 0.696 bits per heavy atom. The lowest BCUT2D eigenvalue weighted by Crippen LogP contribution is -2.46. The van der Waals surface area contributed by atoms with Gasteiger partial charge in [-0.1, -0.05) is 77.2 Å². The quantitative estimate of drug-likeness (QED) is 0.0331. The summed E-state index contributed by atoms with van der Waals surface area (Å²) < 4.78 is 17.7. The number of carbonyl (C=O) groups is 2. The smallest absolute Gasteiger partial charge is 0.306 e. The van der Waals surface area contributed by atoms with Crippen molar-refractivity contribution in [2.45, 2.75) is 155 Å². The second kappa shape index (κ2) is 33.2. The van der Waals surface area contributed by atoms with Crippen LogP contribution in [0.15, 0.2) is 24.3 Å². The SMILES string of the molecule is CC/C=C\CCCCOC(CCC(=O)OCC(CO)N(CCCCN(C)C)C(=O)CCCCCCCC)OCCCC/C=C\CC. The Morgan fingerprint density at radius 3 is 1.85 bits per heavy atom. The van der Waals surface area contributed by atoms with Gasteiger partial charge in [0.05, 0.1) is 19.1 Å². The molecule has 0 heterocycles. The lowest BCUT2D eigenvalue weighted by atomic mass is 10.1. The summed E-state index contributed by atoms with van der Waals surface area (Å²) in [5.74, 6) is -0.325. The number of carbonyl (C=O) groups excluding carboxylic acids is 2. The summed E-state index contributed by atoms with van der Waals surface area (Å²) in [4.78, 5) is 29.9. The maximum atomic E-state index is 13.2. The second-order valence-corrected chi connectivity index (χ2v) is 12.6. The van der Waals surface area contributed by atoms with E-state index in [1.165, 1.54) is 19.3 Å². The van der Waals surface area contributed by atoms with E-state index in [-0.39, 0.29) is 31.5 Å². The van der Waals surface area contributed by atoms with E-state index >= 15 is 0 Å². The molecule has 8 heteroatoms. The van der Waals surface area contributed by atoms with Crippen LogP contribution < -0.4 is 0 Å². The summed E-state index contributed by atoms with van der Waals surface area (Å²) in [6.07, 6.45) is 26.0. The summed E-state index contributed by atoms with van der Waals surface area (Å²) in [5.41, 5.74) is 0. The van der Waals surface area contributed by atoms with Crippen molar-refractivity contribution >= 4 is 11.9 Å². The fourth-order valence-corrected chi connectivity index (χ4v) is 5.10. The van der Waals surface area contributed by atoms with Crippen molar-refractivity contribution in [2.75, 3.05) is 53.6 Å². The molecule has 0 radical (unpaired) electrons. The molecule has 46 heavy (non-hydrogen) atoms. The van der Waals surface area contributed by atoms with E-state index in [1.807, 2.05) is 14.1 Å². The number of ether oxygens (including phenoxy) is 3. The van der Waals surface area contributed by atoms with Crippen molar-refractivity contribution < 1.29 is 28.9 Å². The summed E-state index contributed by atoms with van der Waals surface area (Å²) in [7, 11) is 4.08. The molecule has 0 bridgehead atoms. The second-order valence-electron chi connectivity index (χ2n) is 12.6. The van der Waals surface area contributed by atoms with Gasteiger partial charge < -0.3 is 29.1 Å². The third-order valence-electron chi connectivity index (χ3n) is 7.93. The zero-order valence-electron chi connectivity index (χ0n) is 30.5. The molecule has 1 atom stereocenters. The van der Waals surface area contributed by atoms with E-state index in [0.29, 0.717) is 32.6 Å². The Hall–Kier alpha value is -1.74. The number of aliphatic hydroxyl groups is 1. The minimum absolute atomic E-state index is 0.00576. The normalized spacial score (nSPS) is 12.6. The highest BCUT2D eigenvalue weighted by Gasteiger charge is 2.24. The number of hydrogen-bond acceptors (Lipinski definition) is 7. The number of hydrogen-bond donors (Lipinski definition) is 1. The highest BCUT2D eigenvalue weighted by atomic mass is 16.7. The molecule has 0 saturated carbocycles.